The quantitative estimate of drug-likeness (QED) is 0.890. The molecule has 0 fully saturated rings. The van der Waals surface area contributed by atoms with Gasteiger partial charge in [0.15, 0.2) is 0 Å². The lowest BCUT2D eigenvalue weighted by Crippen LogP contribution is -2.23. The molecule has 1 aromatic carbocycles. The molecule has 0 radical (unpaired) electrons. The van der Waals surface area contributed by atoms with Crippen LogP contribution in [-0.4, -0.2) is 6.36 Å². The van der Waals surface area contributed by atoms with E-state index in [1.807, 2.05) is 13.8 Å². The molecule has 0 amide bonds. The molecule has 0 heterocycles. The number of nitrogens with two attached hydrogens (primary N) is 1. The molecule has 0 aliphatic rings. The first-order valence-electron chi connectivity index (χ1n) is 5.55. The number of hydrogen-bond donors (Lipinski definition) is 1. The summed E-state index contributed by atoms with van der Waals surface area (Å²) in [5.41, 5.74) is 6.33. The molecule has 2 N–H and O–H groups in total. The average molecular weight is 326 g/mol. The Hall–Kier alpha value is -0.750. The number of benzene rings is 1. The SMILES string of the molecule is CCC(C)[C@H](N)c1cc(Br)ccc1OC(F)(F)F. The lowest BCUT2D eigenvalue weighted by atomic mass is 9.93. The van der Waals surface area contributed by atoms with Crippen LogP contribution in [0.4, 0.5) is 13.2 Å². The molecule has 102 valence electrons. The van der Waals surface area contributed by atoms with Crippen LogP contribution < -0.4 is 10.5 Å². The molecule has 2 atom stereocenters. The highest BCUT2D eigenvalue weighted by Crippen LogP contribution is 2.35. The van der Waals surface area contributed by atoms with Crippen molar-refractivity contribution in [1.82, 2.24) is 0 Å². The van der Waals surface area contributed by atoms with Gasteiger partial charge in [-0.1, -0.05) is 36.2 Å². The topological polar surface area (TPSA) is 35.2 Å². The first-order chi connectivity index (χ1) is 8.24. The highest BCUT2D eigenvalue weighted by Gasteiger charge is 2.33. The van der Waals surface area contributed by atoms with E-state index in [1.165, 1.54) is 12.1 Å². The van der Waals surface area contributed by atoms with Gasteiger partial charge in [-0.15, -0.1) is 13.2 Å². The summed E-state index contributed by atoms with van der Waals surface area (Å²) in [6.45, 7) is 3.83. The maximum Gasteiger partial charge on any atom is 0.573 e. The normalized spacial score (nSPS) is 15.3. The summed E-state index contributed by atoms with van der Waals surface area (Å²) in [5.74, 6) is -0.173. The summed E-state index contributed by atoms with van der Waals surface area (Å²) in [4.78, 5) is 0. The van der Waals surface area contributed by atoms with Crippen molar-refractivity contribution in [2.45, 2.75) is 32.7 Å². The average Bonchev–Trinajstić information content (AvgIpc) is 2.27. The minimum absolute atomic E-state index is 0.0647. The molecule has 0 saturated carbocycles. The zero-order chi connectivity index (χ0) is 13.9. The van der Waals surface area contributed by atoms with Crippen LogP contribution in [-0.2, 0) is 0 Å². The number of halogens is 4. The zero-order valence-electron chi connectivity index (χ0n) is 10.1. The minimum atomic E-state index is -4.71. The Morgan fingerprint density at radius 1 is 1.39 bits per heavy atom. The highest BCUT2D eigenvalue weighted by atomic mass is 79.9. The second-order valence-electron chi connectivity index (χ2n) is 4.14. The largest absolute Gasteiger partial charge is 0.573 e. The van der Waals surface area contributed by atoms with E-state index in [1.54, 1.807) is 6.07 Å². The summed E-state index contributed by atoms with van der Waals surface area (Å²) in [6.07, 6.45) is -3.93. The molecule has 6 heteroatoms. The predicted molar refractivity (Wildman–Crippen MR) is 67.2 cm³/mol. The number of rotatable bonds is 4. The Morgan fingerprint density at radius 3 is 2.50 bits per heavy atom. The minimum Gasteiger partial charge on any atom is -0.405 e. The van der Waals surface area contributed by atoms with Crippen LogP contribution >= 0.6 is 15.9 Å². The molecular weight excluding hydrogens is 311 g/mol. The van der Waals surface area contributed by atoms with Crippen LogP contribution in [0.5, 0.6) is 5.75 Å². The van der Waals surface area contributed by atoms with Crippen molar-refractivity contribution in [1.29, 1.82) is 0 Å². The second kappa shape index (κ2) is 5.93. The van der Waals surface area contributed by atoms with Gasteiger partial charge in [-0.3, -0.25) is 0 Å². The van der Waals surface area contributed by atoms with Crippen molar-refractivity contribution in [3.63, 3.8) is 0 Å². The Kier molecular flexibility index (Phi) is 5.04. The summed E-state index contributed by atoms with van der Waals surface area (Å²) in [5, 5.41) is 0. The van der Waals surface area contributed by atoms with Gasteiger partial charge in [0, 0.05) is 16.1 Å². The molecule has 2 nitrogen and oxygen atoms in total. The molecule has 0 bridgehead atoms. The molecule has 0 aromatic heterocycles. The first-order valence-corrected chi connectivity index (χ1v) is 6.34. The molecule has 1 aromatic rings. The van der Waals surface area contributed by atoms with E-state index in [4.69, 9.17) is 5.73 Å². The molecule has 1 rings (SSSR count). The molecule has 0 aliphatic heterocycles. The van der Waals surface area contributed by atoms with E-state index < -0.39 is 12.4 Å². The standard InChI is InChI=1S/C12H15BrF3NO/c1-3-7(2)11(17)9-6-8(13)4-5-10(9)18-12(14,15)16/h4-7,11H,3,17H2,1-2H3/t7?,11-/m0/s1. The summed E-state index contributed by atoms with van der Waals surface area (Å²) in [7, 11) is 0. The molecule has 0 spiro atoms. The van der Waals surface area contributed by atoms with Gasteiger partial charge in [0.1, 0.15) is 5.75 Å². The fourth-order valence-electron chi connectivity index (χ4n) is 1.56. The van der Waals surface area contributed by atoms with Gasteiger partial charge in [-0.2, -0.15) is 0 Å². The van der Waals surface area contributed by atoms with E-state index in [0.717, 1.165) is 6.42 Å². The van der Waals surface area contributed by atoms with Crippen LogP contribution in [0.3, 0.4) is 0 Å². The lowest BCUT2D eigenvalue weighted by Gasteiger charge is -2.22. The van der Waals surface area contributed by atoms with Gasteiger partial charge in [0.05, 0.1) is 0 Å². The van der Waals surface area contributed by atoms with Gasteiger partial charge < -0.3 is 10.5 Å². The second-order valence-corrected chi connectivity index (χ2v) is 5.06. The third-order valence-corrected chi connectivity index (χ3v) is 3.31. The third kappa shape index (κ3) is 4.17. The molecule has 0 saturated heterocycles. The predicted octanol–water partition coefficient (Wildman–Crippen LogP) is 4.39. The summed E-state index contributed by atoms with van der Waals surface area (Å²) < 4.78 is 41.6. The van der Waals surface area contributed by atoms with Gasteiger partial charge in [0.2, 0.25) is 0 Å². The Balaban J connectivity index is 3.11. The van der Waals surface area contributed by atoms with Crippen molar-refractivity contribution >= 4 is 15.9 Å². The molecule has 0 aliphatic carbocycles. The van der Waals surface area contributed by atoms with Crippen LogP contribution in [0.1, 0.15) is 31.9 Å². The van der Waals surface area contributed by atoms with Crippen molar-refractivity contribution in [2.75, 3.05) is 0 Å². The smallest absolute Gasteiger partial charge is 0.405 e. The van der Waals surface area contributed by atoms with Gasteiger partial charge in [-0.25, -0.2) is 0 Å². The Labute approximate surface area is 112 Å². The molecular formula is C12H15BrF3NO. The van der Waals surface area contributed by atoms with E-state index in [0.29, 0.717) is 10.0 Å². The summed E-state index contributed by atoms with van der Waals surface area (Å²) in [6, 6.07) is 3.84. The van der Waals surface area contributed by atoms with Crippen LogP contribution in [0, 0.1) is 5.92 Å². The Bertz CT molecular complexity index is 409. The third-order valence-electron chi connectivity index (χ3n) is 2.81. The van der Waals surface area contributed by atoms with Crippen molar-refractivity contribution in [3.8, 4) is 5.75 Å². The van der Waals surface area contributed by atoms with Gasteiger partial charge >= 0.3 is 6.36 Å². The van der Waals surface area contributed by atoms with Crippen LogP contribution in [0.25, 0.3) is 0 Å². The first kappa shape index (κ1) is 15.3. The Morgan fingerprint density at radius 2 is 2.00 bits per heavy atom. The van der Waals surface area contributed by atoms with Crippen molar-refractivity contribution < 1.29 is 17.9 Å². The summed E-state index contributed by atoms with van der Waals surface area (Å²) >= 11 is 3.22. The van der Waals surface area contributed by atoms with E-state index in [-0.39, 0.29) is 11.7 Å². The highest BCUT2D eigenvalue weighted by molar-refractivity contribution is 9.10. The van der Waals surface area contributed by atoms with E-state index in [2.05, 4.69) is 20.7 Å². The van der Waals surface area contributed by atoms with Crippen LogP contribution in [0.2, 0.25) is 0 Å². The van der Waals surface area contributed by atoms with Crippen LogP contribution in [0.15, 0.2) is 22.7 Å². The zero-order valence-corrected chi connectivity index (χ0v) is 11.7. The fraction of sp³-hybridized carbons (Fsp3) is 0.500. The van der Waals surface area contributed by atoms with Gasteiger partial charge in [-0.05, 0) is 24.1 Å². The fourth-order valence-corrected chi connectivity index (χ4v) is 1.94. The lowest BCUT2D eigenvalue weighted by molar-refractivity contribution is -0.275. The maximum atomic E-state index is 12.3. The molecule has 1 unspecified atom stereocenters. The number of hydrogen-bond acceptors (Lipinski definition) is 2. The monoisotopic (exact) mass is 325 g/mol. The van der Waals surface area contributed by atoms with Crippen molar-refractivity contribution in [2.24, 2.45) is 11.7 Å². The van der Waals surface area contributed by atoms with E-state index in [9.17, 15) is 13.2 Å². The number of ether oxygens (including phenoxy) is 1. The number of alkyl halides is 3. The van der Waals surface area contributed by atoms with Crippen molar-refractivity contribution in [3.05, 3.63) is 28.2 Å². The maximum absolute atomic E-state index is 12.3. The van der Waals surface area contributed by atoms with Gasteiger partial charge in [0.25, 0.3) is 0 Å². The van der Waals surface area contributed by atoms with E-state index >= 15 is 0 Å². The molecule has 18 heavy (non-hydrogen) atoms.